The van der Waals surface area contributed by atoms with Gasteiger partial charge in [-0.2, -0.15) is 0 Å². The highest BCUT2D eigenvalue weighted by atomic mass is 32.1. The van der Waals surface area contributed by atoms with Crippen LogP contribution in [0.15, 0.2) is 66.2 Å². The third kappa shape index (κ3) is 14.6. The lowest BCUT2D eigenvalue weighted by Gasteiger charge is -2.35. The molecule has 1 saturated heterocycles. The quantitative estimate of drug-likeness (QED) is 0.0434. The number of aromatic nitrogens is 4. The number of anilines is 1. The molecule has 2 aromatic heterocycles. The fourth-order valence-corrected chi connectivity index (χ4v) is 9.15. The molecule has 0 unspecified atom stereocenters. The Morgan fingerprint density at radius 2 is 1.64 bits per heavy atom. The van der Waals surface area contributed by atoms with E-state index in [1.54, 1.807) is 88.1 Å². The number of ether oxygens (including phenoxy) is 5. The number of methoxy groups -OCH3 is 2. The van der Waals surface area contributed by atoms with Gasteiger partial charge in [-0.15, -0.1) is 16.4 Å². The summed E-state index contributed by atoms with van der Waals surface area (Å²) < 4.78 is 29.9. The van der Waals surface area contributed by atoms with Crippen molar-refractivity contribution in [2.45, 2.75) is 105 Å². The number of nitrogens with one attached hydrogen (secondary N) is 4. The Kier molecular flexibility index (Phi) is 20.0. The first-order chi connectivity index (χ1) is 35.4. The van der Waals surface area contributed by atoms with Crippen LogP contribution in [-0.4, -0.2) is 138 Å². The van der Waals surface area contributed by atoms with Crippen molar-refractivity contribution in [3.8, 4) is 33.4 Å². The predicted octanol–water partition coefficient (Wildman–Crippen LogP) is 5.81. The number of aliphatic hydroxyl groups excluding tert-OH is 1. The van der Waals surface area contributed by atoms with Gasteiger partial charge in [0.25, 0.3) is 11.8 Å². The van der Waals surface area contributed by atoms with Crippen molar-refractivity contribution in [2.24, 2.45) is 5.41 Å². The average Bonchev–Trinajstić information content (AvgIpc) is 4.12. The molecule has 5 aromatic rings. The van der Waals surface area contributed by atoms with Gasteiger partial charge in [-0.3, -0.25) is 24.0 Å². The van der Waals surface area contributed by atoms with Crippen LogP contribution in [0.1, 0.15) is 98.1 Å². The number of hydrogen-bond acceptors (Lipinski definition) is 15. The normalized spacial score (nSPS) is 15.2. The maximum Gasteiger partial charge on any atom is 0.278 e. The molecular weight excluding hydrogens is 971 g/mol. The molecule has 1 aliphatic rings. The van der Waals surface area contributed by atoms with E-state index in [9.17, 15) is 29.1 Å². The third-order valence-electron chi connectivity index (χ3n) is 12.4. The topological polar surface area (TPSA) is 247 Å². The first-order valence-electron chi connectivity index (χ1n) is 24.7. The minimum atomic E-state index is -1.02. The van der Waals surface area contributed by atoms with Gasteiger partial charge in [-0.1, -0.05) is 70.5 Å². The van der Waals surface area contributed by atoms with Crippen LogP contribution in [0.4, 0.5) is 5.69 Å². The molecule has 1 fully saturated rings. The number of benzene rings is 3. The highest BCUT2D eigenvalue weighted by Crippen LogP contribution is 2.32. The Labute approximate surface area is 435 Å². The van der Waals surface area contributed by atoms with E-state index in [2.05, 4.69) is 43.5 Å². The Hall–Kier alpha value is -6.94. The van der Waals surface area contributed by atoms with Gasteiger partial charge in [0.05, 0.1) is 73.7 Å². The summed E-state index contributed by atoms with van der Waals surface area (Å²) in [4.78, 5) is 74.5. The maximum atomic E-state index is 14.0. The molecule has 0 spiro atoms. The summed E-state index contributed by atoms with van der Waals surface area (Å²) in [6.45, 7) is 13.4. The van der Waals surface area contributed by atoms with Crippen molar-refractivity contribution in [3.63, 3.8) is 0 Å². The van der Waals surface area contributed by atoms with Crippen LogP contribution in [0.5, 0.6) is 17.2 Å². The molecule has 398 valence electrons. The summed E-state index contributed by atoms with van der Waals surface area (Å²) in [5, 5.41) is 30.4. The van der Waals surface area contributed by atoms with Crippen LogP contribution in [0.3, 0.4) is 0 Å². The lowest BCUT2D eigenvalue weighted by atomic mass is 9.85. The molecule has 20 nitrogen and oxygen atoms in total. The molecule has 74 heavy (non-hydrogen) atoms. The summed E-state index contributed by atoms with van der Waals surface area (Å²) in [6.07, 6.45) is 1.46. The van der Waals surface area contributed by atoms with Crippen LogP contribution < -0.4 is 35.5 Å². The first kappa shape index (κ1) is 56.4. The number of β-amino-alcohol motifs (C(OH)–C–C–N with tert-alkyl or cyclic N) is 1. The van der Waals surface area contributed by atoms with E-state index in [-0.39, 0.29) is 75.5 Å². The van der Waals surface area contributed by atoms with Crippen LogP contribution in [-0.2, 0) is 30.4 Å². The van der Waals surface area contributed by atoms with Gasteiger partial charge in [0.2, 0.25) is 17.7 Å². The van der Waals surface area contributed by atoms with Crippen molar-refractivity contribution in [2.75, 3.05) is 59.1 Å². The second kappa shape index (κ2) is 26.3. The zero-order valence-electron chi connectivity index (χ0n) is 43.6. The van der Waals surface area contributed by atoms with Gasteiger partial charge in [0, 0.05) is 37.7 Å². The first-order valence-corrected chi connectivity index (χ1v) is 25.6. The summed E-state index contributed by atoms with van der Waals surface area (Å²) in [5.41, 5.74) is 5.46. The largest absolute Gasteiger partial charge is 0.497 e. The van der Waals surface area contributed by atoms with Crippen LogP contribution >= 0.6 is 11.3 Å². The van der Waals surface area contributed by atoms with Gasteiger partial charge in [-0.05, 0) is 73.6 Å². The molecule has 5 N–H and O–H groups in total. The van der Waals surface area contributed by atoms with Gasteiger partial charge < -0.3 is 55.0 Å². The van der Waals surface area contributed by atoms with Crippen LogP contribution in [0, 0.1) is 19.3 Å². The molecule has 6 rings (SSSR count). The Morgan fingerprint density at radius 3 is 2.31 bits per heavy atom. The SMILES string of the molecule is CCC[C@H](CC)Oc1ccc(C(=O)NCCOCCOCC(=O)N[C@H](C(=O)N2C[C@H](O)C[C@H]2C(=O)NCc2ccc(-c3scnc3C)cc2)C(C)(C)C)cc1NC(=O)c1nnn(-c2cc(OC)ccc2OC)c1C. The van der Waals surface area contributed by atoms with Crippen LogP contribution in [0.2, 0.25) is 0 Å². The number of hydrogen-bond donors (Lipinski definition) is 5. The second-order valence-electron chi connectivity index (χ2n) is 18.9. The number of thiazole rings is 1. The highest BCUT2D eigenvalue weighted by Gasteiger charge is 2.44. The van der Waals surface area contributed by atoms with E-state index in [4.69, 9.17) is 23.7 Å². The number of likely N-dealkylation sites (tertiary alicyclic amines) is 1. The van der Waals surface area contributed by atoms with Crippen molar-refractivity contribution in [3.05, 3.63) is 94.4 Å². The number of aliphatic hydroxyl groups is 1. The average molecular weight is 1040 g/mol. The summed E-state index contributed by atoms with van der Waals surface area (Å²) in [5.74, 6) is -0.948. The monoisotopic (exact) mass is 1040 g/mol. The molecule has 0 saturated carbocycles. The van der Waals surface area contributed by atoms with E-state index >= 15 is 0 Å². The van der Waals surface area contributed by atoms with Crippen molar-refractivity contribution < 1.29 is 52.8 Å². The minimum Gasteiger partial charge on any atom is -0.497 e. The van der Waals surface area contributed by atoms with E-state index < -0.39 is 53.1 Å². The minimum absolute atomic E-state index is 0.0469. The Morgan fingerprint density at radius 1 is 0.892 bits per heavy atom. The predicted molar refractivity (Wildman–Crippen MR) is 279 cm³/mol. The Bertz CT molecular complexity index is 2720. The summed E-state index contributed by atoms with van der Waals surface area (Å²) >= 11 is 1.56. The van der Waals surface area contributed by atoms with E-state index in [1.807, 2.05) is 38.1 Å². The molecule has 4 atom stereocenters. The van der Waals surface area contributed by atoms with Gasteiger partial charge in [0.15, 0.2) is 5.69 Å². The molecule has 3 aromatic carbocycles. The maximum absolute atomic E-state index is 14.0. The number of nitrogens with zero attached hydrogens (tertiary/aromatic N) is 5. The molecule has 3 heterocycles. The van der Waals surface area contributed by atoms with Crippen molar-refractivity contribution in [1.82, 2.24) is 40.8 Å². The Balaban J connectivity index is 0.963. The highest BCUT2D eigenvalue weighted by molar-refractivity contribution is 7.13. The van der Waals surface area contributed by atoms with Crippen LogP contribution in [0.25, 0.3) is 16.1 Å². The standard InChI is InChI=1S/C53H69N9O11S/c1-10-12-38(11-2)73-43-19-17-36(25-40(43)57-51(67)46-33(4)62(60-59-46)41-27-39(69-8)18-20-44(41)70-9)49(65)54-21-22-71-23-24-72-30-45(64)58-48(53(5,6)7)52(68)61-29-37(63)26-42(61)50(66)55-28-34-13-15-35(16-14-34)47-32(3)56-31-74-47/h13-20,25,27,31,37-38,42,48,63H,10-12,21-24,26,28-30H2,1-9H3,(H,54,65)(H,55,66)(H,57,67)(H,58,64)/t37-,38+,42+,48-/m1/s1. The number of aryl methyl sites for hydroxylation is 1. The summed E-state index contributed by atoms with van der Waals surface area (Å²) in [6, 6.07) is 15.9. The molecule has 21 heteroatoms. The van der Waals surface area contributed by atoms with Crippen molar-refractivity contribution >= 4 is 46.6 Å². The van der Waals surface area contributed by atoms with Gasteiger partial charge in [0.1, 0.15) is 41.6 Å². The molecule has 1 aliphatic heterocycles. The van der Waals surface area contributed by atoms with Crippen molar-refractivity contribution in [1.29, 1.82) is 0 Å². The van der Waals surface area contributed by atoms with E-state index in [1.165, 1.54) is 16.7 Å². The number of carbonyl (C=O) groups excluding carboxylic acids is 5. The fraction of sp³-hybridized carbons (Fsp3) is 0.472. The lowest BCUT2D eigenvalue weighted by Crippen LogP contribution is -2.58. The molecule has 5 amide bonds. The molecule has 0 bridgehead atoms. The number of carbonyl (C=O) groups is 5. The zero-order chi connectivity index (χ0) is 53.5. The molecule has 0 aliphatic carbocycles. The molecule has 0 radical (unpaired) electrons. The smallest absolute Gasteiger partial charge is 0.278 e. The zero-order valence-corrected chi connectivity index (χ0v) is 44.4. The van der Waals surface area contributed by atoms with Gasteiger partial charge >= 0.3 is 0 Å². The number of amides is 5. The summed E-state index contributed by atoms with van der Waals surface area (Å²) in [7, 11) is 3.07. The van der Waals surface area contributed by atoms with E-state index in [0.29, 0.717) is 28.6 Å². The second-order valence-corrected chi connectivity index (χ2v) is 19.8. The third-order valence-corrected chi connectivity index (χ3v) is 13.4. The lowest BCUT2D eigenvalue weighted by molar-refractivity contribution is -0.144. The van der Waals surface area contributed by atoms with Gasteiger partial charge in [-0.25, -0.2) is 9.67 Å². The fourth-order valence-electron chi connectivity index (χ4n) is 8.34. The number of rotatable bonds is 25. The molecular formula is C53H69N9O11S. The van der Waals surface area contributed by atoms with E-state index in [0.717, 1.165) is 41.0 Å².